The molecular formula is C23H19NO4S. The average Bonchev–Trinajstić information content (AvgIpc) is 3.23. The van der Waals surface area contributed by atoms with E-state index in [2.05, 4.69) is 4.98 Å². The molecule has 2 heterocycles. The molecular weight excluding hydrogens is 386 g/mol. The molecule has 0 amide bonds. The normalized spacial score (nSPS) is 11.0. The van der Waals surface area contributed by atoms with E-state index in [0.29, 0.717) is 22.4 Å². The van der Waals surface area contributed by atoms with Crippen LogP contribution in [0.5, 0.6) is 0 Å². The van der Waals surface area contributed by atoms with E-state index in [1.54, 1.807) is 36.5 Å². The lowest BCUT2D eigenvalue weighted by Crippen LogP contribution is -2.11. The molecule has 146 valence electrons. The number of thiazole rings is 1. The highest BCUT2D eigenvalue weighted by Gasteiger charge is 2.19. The van der Waals surface area contributed by atoms with Crippen molar-refractivity contribution in [2.75, 3.05) is 0 Å². The Morgan fingerprint density at radius 1 is 1.14 bits per heavy atom. The molecule has 0 saturated heterocycles. The highest BCUT2D eigenvalue weighted by atomic mass is 32.1. The van der Waals surface area contributed by atoms with Crippen molar-refractivity contribution in [3.63, 3.8) is 0 Å². The fourth-order valence-electron chi connectivity index (χ4n) is 3.13. The lowest BCUT2D eigenvalue weighted by Gasteiger charge is -2.10. The third-order valence-corrected chi connectivity index (χ3v) is 5.70. The third kappa shape index (κ3) is 3.71. The Morgan fingerprint density at radius 3 is 2.66 bits per heavy atom. The van der Waals surface area contributed by atoms with Crippen LogP contribution in [-0.2, 0) is 17.8 Å². The molecule has 0 aliphatic heterocycles. The number of aromatic nitrogens is 1. The van der Waals surface area contributed by atoms with Gasteiger partial charge in [0.25, 0.3) is 0 Å². The van der Waals surface area contributed by atoms with Crippen molar-refractivity contribution in [1.82, 2.24) is 4.98 Å². The van der Waals surface area contributed by atoms with Gasteiger partial charge < -0.3 is 9.15 Å². The van der Waals surface area contributed by atoms with Gasteiger partial charge in [-0.15, -0.1) is 11.3 Å². The van der Waals surface area contributed by atoms with Crippen molar-refractivity contribution < 1.29 is 13.9 Å². The summed E-state index contributed by atoms with van der Waals surface area (Å²) in [5.74, 6) is -0.0943. The fraction of sp³-hybridized carbons (Fsp3) is 0.174. The molecule has 4 aromatic rings. The third-order valence-electron chi connectivity index (χ3n) is 4.65. The number of fused-ring (bicyclic) bond motifs is 1. The van der Waals surface area contributed by atoms with Crippen LogP contribution in [0.3, 0.4) is 0 Å². The Bertz CT molecular complexity index is 1240. The van der Waals surface area contributed by atoms with Crippen LogP contribution in [0.2, 0.25) is 0 Å². The number of para-hydroxylation sites is 1. The zero-order valence-electron chi connectivity index (χ0n) is 16.1. The SMILES string of the molecule is CCc1nc(COC(=O)c2cccc3c(=O)c(C)c(-c4ccccc4)oc23)cs1. The Labute approximate surface area is 171 Å². The van der Waals surface area contributed by atoms with E-state index in [9.17, 15) is 9.59 Å². The van der Waals surface area contributed by atoms with Gasteiger partial charge in [-0.2, -0.15) is 0 Å². The molecule has 2 aromatic carbocycles. The molecule has 2 aromatic heterocycles. The summed E-state index contributed by atoms with van der Waals surface area (Å²) in [5, 5.41) is 3.24. The van der Waals surface area contributed by atoms with Crippen molar-refractivity contribution in [2.24, 2.45) is 0 Å². The van der Waals surface area contributed by atoms with Gasteiger partial charge in [0.05, 0.1) is 16.1 Å². The second kappa shape index (κ2) is 8.01. The van der Waals surface area contributed by atoms with Gasteiger partial charge in [-0.1, -0.05) is 43.3 Å². The van der Waals surface area contributed by atoms with E-state index < -0.39 is 5.97 Å². The molecule has 0 radical (unpaired) electrons. The minimum absolute atomic E-state index is 0.0767. The molecule has 0 N–H and O–H groups in total. The fourth-order valence-corrected chi connectivity index (χ4v) is 3.86. The molecule has 0 aliphatic carbocycles. The first kappa shape index (κ1) is 19.1. The number of rotatable bonds is 5. The number of carbonyl (C=O) groups is 1. The molecule has 0 fully saturated rings. The van der Waals surface area contributed by atoms with E-state index in [4.69, 9.17) is 9.15 Å². The minimum atomic E-state index is -0.548. The predicted molar refractivity (Wildman–Crippen MR) is 113 cm³/mol. The van der Waals surface area contributed by atoms with Gasteiger partial charge in [0.1, 0.15) is 17.9 Å². The molecule has 0 aliphatic rings. The number of carbonyl (C=O) groups excluding carboxylic acids is 1. The first-order valence-electron chi connectivity index (χ1n) is 9.30. The molecule has 0 bridgehead atoms. The van der Waals surface area contributed by atoms with Gasteiger partial charge in [0.15, 0.2) is 11.0 Å². The van der Waals surface area contributed by atoms with Crippen LogP contribution in [0.1, 0.15) is 33.5 Å². The number of ether oxygens (including phenoxy) is 1. The second-order valence-corrected chi connectivity index (χ2v) is 7.54. The molecule has 5 nitrogen and oxygen atoms in total. The lowest BCUT2D eigenvalue weighted by molar-refractivity contribution is 0.0469. The summed E-state index contributed by atoms with van der Waals surface area (Å²) in [6.07, 6.45) is 0.842. The van der Waals surface area contributed by atoms with Crippen molar-refractivity contribution in [2.45, 2.75) is 26.9 Å². The first-order chi connectivity index (χ1) is 14.1. The van der Waals surface area contributed by atoms with Crippen LogP contribution in [0.15, 0.2) is 63.1 Å². The van der Waals surface area contributed by atoms with Gasteiger partial charge in [-0.05, 0) is 25.5 Å². The maximum atomic E-state index is 12.9. The van der Waals surface area contributed by atoms with Crippen LogP contribution in [0.25, 0.3) is 22.3 Å². The molecule has 0 saturated carbocycles. The number of hydrogen-bond donors (Lipinski definition) is 0. The van der Waals surface area contributed by atoms with Crippen molar-refractivity contribution in [1.29, 1.82) is 0 Å². The Balaban J connectivity index is 1.73. The van der Waals surface area contributed by atoms with Crippen molar-refractivity contribution in [3.8, 4) is 11.3 Å². The molecule has 29 heavy (non-hydrogen) atoms. The van der Waals surface area contributed by atoms with Crippen LogP contribution in [0, 0.1) is 6.92 Å². The molecule has 0 atom stereocenters. The standard InChI is InChI=1S/C23H19NO4S/c1-3-19-24-16(13-29-19)12-27-23(26)18-11-7-10-17-20(25)14(2)21(28-22(17)18)15-8-5-4-6-9-15/h4-11,13H,3,12H2,1-2H3. The average molecular weight is 405 g/mol. The quantitative estimate of drug-likeness (QED) is 0.430. The van der Waals surface area contributed by atoms with Crippen LogP contribution in [0.4, 0.5) is 0 Å². The number of esters is 1. The van der Waals surface area contributed by atoms with Gasteiger partial charge in [-0.3, -0.25) is 4.79 Å². The van der Waals surface area contributed by atoms with Gasteiger partial charge in [0, 0.05) is 16.5 Å². The minimum Gasteiger partial charge on any atom is -0.455 e. The number of hydrogen-bond acceptors (Lipinski definition) is 6. The number of aryl methyl sites for hydroxylation is 1. The van der Waals surface area contributed by atoms with E-state index in [1.807, 2.05) is 42.6 Å². The van der Waals surface area contributed by atoms with E-state index in [1.165, 1.54) is 0 Å². The highest BCUT2D eigenvalue weighted by molar-refractivity contribution is 7.09. The van der Waals surface area contributed by atoms with Crippen molar-refractivity contribution in [3.05, 3.63) is 86.0 Å². The number of benzene rings is 2. The van der Waals surface area contributed by atoms with E-state index in [0.717, 1.165) is 17.0 Å². The summed E-state index contributed by atoms with van der Waals surface area (Å²) >= 11 is 1.54. The summed E-state index contributed by atoms with van der Waals surface area (Å²) in [5.41, 5.74) is 2.29. The highest BCUT2D eigenvalue weighted by Crippen LogP contribution is 2.27. The smallest absolute Gasteiger partial charge is 0.342 e. The van der Waals surface area contributed by atoms with E-state index >= 15 is 0 Å². The summed E-state index contributed by atoms with van der Waals surface area (Å²) in [7, 11) is 0. The van der Waals surface area contributed by atoms with Crippen molar-refractivity contribution >= 4 is 28.3 Å². The maximum absolute atomic E-state index is 12.9. The van der Waals surface area contributed by atoms with Gasteiger partial charge in [0.2, 0.25) is 0 Å². The summed E-state index contributed by atoms with van der Waals surface area (Å²) in [4.78, 5) is 30.0. The summed E-state index contributed by atoms with van der Waals surface area (Å²) in [6.45, 7) is 3.83. The van der Waals surface area contributed by atoms with E-state index in [-0.39, 0.29) is 23.2 Å². The zero-order chi connectivity index (χ0) is 20.4. The maximum Gasteiger partial charge on any atom is 0.342 e. The number of nitrogens with zero attached hydrogens (tertiary/aromatic N) is 1. The first-order valence-corrected chi connectivity index (χ1v) is 10.2. The Morgan fingerprint density at radius 2 is 1.93 bits per heavy atom. The van der Waals surface area contributed by atoms with Crippen LogP contribution >= 0.6 is 11.3 Å². The largest absolute Gasteiger partial charge is 0.455 e. The molecule has 0 spiro atoms. The zero-order valence-corrected chi connectivity index (χ0v) is 16.9. The van der Waals surface area contributed by atoms with Crippen LogP contribution in [-0.4, -0.2) is 11.0 Å². The Hall–Kier alpha value is -3.25. The molecule has 6 heteroatoms. The summed E-state index contributed by atoms with van der Waals surface area (Å²) in [6, 6.07) is 14.3. The monoisotopic (exact) mass is 405 g/mol. The molecule has 4 rings (SSSR count). The topological polar surface area (TPSA) is 69.4 Å². The van der Waals surface area contributed by atoms with Gasteiger partial charge >= 0.3 is 5.97 Å². The summed E-state index contributed by atoms with van der Waals surface area (Å²) < 4.78 is 11.5. The lowest BCUT2D eigenvalue weighted by atomic mass is 10.0. The predicted octanol–water partition coefficient (Wildman–Crippen LogP) is 5.14. The van der Waals surface area contributed by atoms with Crippen LogP contribution < -0.4 is 5.43 Å². The Kier molecular flexibility index (Phi) is 5.27. The molecule has 0 unspecified atom stereocenters. The van der Waals surface area contributed by atoms with Gasteiger partial charge in [-0.25, -0.2) is 9.78 Å². The second-order valence-electron chi connectivity index (χ2n) is 6.60.